The van der Waals surface area contributed by atoms with Gasteiger partial charge < -0.3 is 14.4 Å². The molecule has 0 aromatic carbocycles. The van der Waals surface area contributed by atoms with Crippen LogP contribution in [0.4, 0.5) is 0 Å². The van der Waals surface area contributed by atoms with Crippen molar-refractivity contribution < 1.29 is 23.1 Å². The molecule has 0 radical (unpaired) electrons. The van der Waals surface area contributed by atoms with Crippen molar-refractivity contribution in [3.63, 3.8) is 0 Å². The molecule has 0 amide bonds. The summed E-state index contributed by atoms with van der Waals surface area (Å²) in [5.74, 6) is -1.17. The predicted molar refractivity (Wildman–Crippen MR) is 71.2 cm³/mol. The lowest BCUT2D eigenvalue weighted by Gasteiger charge is -2.33. The Hall–Kier alpha value is -1.38. The van der Waals surface area contributed by atoms with Crippen LogP contribution in [0.15, 0.2) is 17.2 Å². The van der Waals surface area contributed by atoms with Gasteiger partial charge in [0.15, 0.2) is 0 Å². The molecule has 1 atom stereocenters. The molecule has 1 saturated heterocycles. The molecule has 1 aliphatic rings. The summed E-state index contributed by atoms with van der Waals surface area (Å²) in [4.78, 5) is 10.9. The molecule has 1 fully saturated rings. The first-order valence-electron chi connectivity index (χ1n) is 6.25. The number of ether oxygens (including phenoxy) is 1. The van der Waals surface area contributed by atoms with E-state index in [-0.39, 0.29) is 10.6 Å². The summed E-state index contributed by atoms with van der Waals surface area (Å²) in [6.07, 6.45) is 2.76. The van der Waals surface area contributed by atoms with Gasteiger partial charge in [-0.3, -0.25) is 0 Å². The Kier molecular flexibility index (Phi) is 3.90. The highest BCUT2D eigenvalue weighted by Crippen LogP contribution is 2.22. The van der Waals surface area contributed by atoms with Gasteiger partial charge in [0.05, 0.1) is 12.1 Å². The maximum atomic E-state index is 12.3. The SMILES string of the molecule is Cn1cc(S(=O)(=O)NC2(C)CCCOC2)cc1C(=O)O. The Morgan fingerprint density at radius 1 is 1.55 bits per heavy atom. The van der Waals surface area contributed by atoms with Gasteiger partial charge in [0, 0.05) is 19.9 Å². The Bertz CT molecular complexity index is 614. The third-order valence-corrected chi connectivity index (χ3v) is 4.93. The van der Waals surface area contributed by atoms with E-state index in [4.69, 9.17) is 9.84 Å². The molecule has 2 rings (SSSR count). The predicted octanol–water partition coefficient (Wildman–Crippen LogP) is 0.571. The molecule has 0 aliphatic carbocycles. The minimum Gasteiger partial charge on any atom is -0.477 e. The van der Waals surface area contributed by atoms with Crippen LogP contribution in [0.1, 0.15) is 30.3 Å². The van der Waals surface area contributed by atoms with Crippen molar-refractivity contribution in [1.82, 2.24) is 9.29 Å². The standard InChI is InChI=1S/C12H18N2O5S/c1-12(4-3-5-19-8-12)13-20(17,18)9-6-10(11(15)16)14(2)7-9/h6-7,13H,3-5,8H2,1-2H3,(H,15,16). The van der Waals surface area contributed by atoms with Crippen LogP contribution in [0.2, 0.25) is 0 Å². The summed E-state index contributed by atoms with van der Waals surface area (Å²) in [6.45, 7) is 2.72. The Balaban J connectivity index is 2.26. The molecule has 1 aromatic heterocycles. The summed E-state index contributed by atoms with van der Waals surface area (Å²) in [5.41, 5.74) is -0.730. The lowest BCUT2D eigenvalue weighted by molar-refractivity contribution is 0.0386. The summed E-state index contributed by atoms with van der Waals surface area (Å²) in [6, 6.07) is 1.15. The maximum Gasteiger partial charge on any atom is 0.352 e. The molecule has 1 unspecified atom stereocenters. The zero-order valence-corrected chi connectivity index (χ0v) is 12.2. The lowest BCUT2D eigenvalue weighted by Crippen LogP contribution is -2.51. The van der Waals surface area contributed by atoms with Gasteiger partial charge in [-0.05, 0) is 25.8 Å². The molecule has 0 spiro atoms. The van der Waals surface area contributed by atoms with Crippen LogP contribution in [0, 0.1) is 0 Å². The van der Waals surface area contributed by atoms with Crippen molar-refractivity contribution in [2.75, 3.05) is 13.2 Å². The third-order valence-electron chi connectivity index (χ3n) is 3.33. The van der Waals surface area contributed by atoms with Crippen molar-refractivity contribution in [3.8, 4) is 0 Å². The highest BCUT2D eigenvalue weighted by molar-refractivity contribution is 7.89. The van der Waals surface area contributed by atoms with Gasteiger partial charge in [-0.15, -0.1) is 0 Å². The number of rotatable bonds is 4. The van der Waals surface area contributed by atoms with Gasteiger partial charge >= 0.3 is 5.97 Å². The van der Waals surface area contributed by atoms with Crippen molar-refractivity contribution >= 4 is 16.0 Å². The van der Waals surface area contributed by atoms with E-state index in [1.165, 1.54) is 17.8 Å². The lowest BCUT2D eigenvalue weighted by atomic mass is 9.97. The minimum atomic E-state index is -3.77. The normalized spacial score (nSPS) is 23.7. The number of hydrogen-bond acceptors (Lipinski definition) is 4. The first-order chi connectivity index (χ1) is 9.23. The summed E-state index contributed by atoms with van der Waals surface area (Å²) >= 11 is 0. The van der Waals surface area contributed by atoms with Crippen LogP contribution in [0.5, 0.6) is 0 Å². The number of aryl methyl sites for hydroxylation is 1. The van der Waals surface area contributed by atoms with Crippen molar-refractivity contribution in [2.45, 2.75) is 30.2 Å². The van der Waals surface area contributed by atoms with E-state index >= 15 is 0 Å². The quantitative estimate of drug-likeness (QED) is 0.847. The first-order valence-corrected chi connectivity index (χ1v) is 7.73. The van der Waals surface area contributed by atoms with E-state index in [9.17, 15) is 13.2 Å². The summed E-state index contributed by atoms with van der Waals surface area (Å²) in [7, 11) is -2.27. The zero-order valence-electron chi connectivity index (χ0n) is 11.4. The fourth-order valence-corrected chi connectivity index (χ4v) is 3.78. The highest BCUT2D eigenvalue weighted by Gasteiger charge is 2.33. The van der Waals surface area contributed by atoms with Gasteiger partial charge in [0.2, 0.25) is 10.0 Å². The zero-order chi connectivity index (χ0) is 15.0. The second-order valence-corrected chi connectivity index (χ2v) is 6.98. The molecular weight excluding hydrogens is 284 g/mol. The van der Waals surface area contributed by atoms with E-state index in [1.807, 2.05) is 0 Å². The Morgan fingerprint density at radius 3 is 2.75 bits per heavy atom. The molecule has 0 bridgehead atoms. The smallest absolute Gasteiger partial charge is 0.352 e. The minimum absolute atomic E-state index is 0.0517. The number of nitrogens with one attached hydrogen (secondary N) is 1. The fraction of sp³-hybridized carbons (Fsp3) is 0.583. The number of carboxylic acid groups (broad SMARTS) is 1. The van der Waals surface area contributed by atoms with Crippen molar-refractivity contribution in [1.29, 1.82) is 0 Å². The summed E-state index contributed by atoms with van der Waals surface area (Å²) in [5, 5.41) is 8.96. The number of hydrogen-bond donors (Lipinski definition) is 2. The fourth-order valence-electron chi connectivity index (χ4n) is 2.29. The summed E-state index contributed by atoms with van der Waals surface area (Å²) < 4.78 is 33.8. The second-order valence-electron chi connectivity index (χ2n) is 5.30. The molecule has 20 heavy (non-hydrogen) atoms. The number of sulfonamides is 1. The Morgan fingerprint density at radius 2 is 2.25 bits per heavy atom. The second kappa shape index (κ2) is 5.19. The monoisotopic (exact) mass is 302 g/mol. The van der Waals surface area contributed by atoms with E-state index in [0.717, 1.165) is 12.5 Å². The van der Waals surface area contributed by atoms with Crippen molar-refractivity contribution in [2.24, 2.45) is 7.05 Å². The van der Waals surface area contributed by atoms with Crippen LogP contribution in [0.25, 0.3) is 0 Å². The molecule has 2 heterocycles. The van der Waals surface area contributed by atoms with Crippen LogP contribution < -0.4 is 4.72 Å². The largest absolute Gasteiger partial charge is 0.477 e. The maximum absolute atomic E-state index is 12.3. The Labute approximate surface area is 117 Å². The van der Waals surface area contributed by atoms with E-state index < -0.39 is 21.5 Å². The van der Waals surface area contributed by atoms with Gasteiger partial charge in [0.25, 0.3) is 0 Å². The van der Waals surface area contributed by atoms with E-state index in [2.05, 4.69) is 4.72 Å². The third kappa shape index (κ3) is 3.02. The molecule has 1 aromatic rings. The van der Waals surface area contributed by atoms with Crippen molar-refractivity contribution in [3.05, 3.63) is 18.0 Å². The highest BCUT2D eigenvalue weighted by atomic mass is 32.2. The van der Waals surface area contributed by atoms with Crippen LogP contribution >= 0.6 is 0 Å². The van der Waals surface area contributed by atoms with Crippen LogP contribution in [-0.4, -0.2) is 42.8 Å². The number of aromatic nitrogens is 1. The first kappa shape index (κ1) is 15.0. The van der Waals surface area contributed by atoms with Gasteiger partial charge in [-0.25, -0.2) is 17.9 Å². The number of carboxylic acids is 1. The van der Waals surface area contributed by atoms with Crippen LogP contribution in [0.3, 0.4) is 0 Å². The van der Waals surface area contributed by atoms with E-state index in [1.54, 1.807) is 6.92 Å². The molecule has 112 valence electrons. The van der Waals surface area contributed by atoms with Gasteiger partial charge in [0.1, 0.15) is 10.6 Å². The number of aromatic carboxylic acids is 1. The molecule has 8 heteroatoms. The average molecular weight is 302 g/mol. The number of nitrogens with zero attached hydrogens (tertiary/aromatic N) is 1. The van der Waals surface area contributed by atoms with Gasteiger partial charge in [-0.2, -0.15) is 0 Å². The molecule has 0 saturated carbocycles. The van der Waals surface area contributed by atoms with E-state index in [0.29, 0.717) is 19.6 Å². The molecular formula is C12H18N2O5S. The molecule has 1 aliphatic heterocycles. The van der Waals surface area contributed by atoms with Crippen LogP contribution in [-0.2, 0) is 21.8 Å². The number of carbonyl (C=O) groups is 1. The van der Waals surface area contributed by atoms with Gasteiger partial charge in [-0.1, -0.05) is 0 Å². The topological polar surface area (TPSA) is 97.6 Å². The molecule has 7 nitrogen and oxygen atoms in total. The molecule has 2 N–H and O–H groups in total. The average Bonchev–Trinajstić information content (AvgIpc) is 2.72.